The molecule has 1 aliphatic carbocycles. The van der Waals surface area contributed by atoms with E-state index in [4.69, 9.17) is 4.52 Å². The molecule has 94 valence electrons. The standard InChI is InChI=1S/C13H20N2O2/c16-9-10-2-1-5-15(7-10)8-12-6-13(17-14-12)11-3-4-11/h6,10-11,16H,1-5,7-9H2. The zero-order valence-corrected chi connectivity index (χ0v) is 10.1. The Labute approximate surface area is 102 Å². The molecule has 1 aromatic heterocycles. The molecule has 1 atom stereocenters. The number of nitrogens with zero attached hydrogens (tertiary/aromatic N) is 2. The maximum atomic E-state index is 9.20. The lowest BCUT2D eigenvalue weighted by Crippen LogP contribution is -2.36. The fourth-order valence-electron chi connectivity index (χ4n) is 2.64. The second-order valence-corrected chi connectivity index (χ2v) is 5.42. The molecule has 1 aliphatic heterocycles. The molecule has 4 nitrogen and oxygen atoms in total. The van der Waals surface area contributed by atoms with Gasteiger partial charge in [-0.1, -0.05) is 5.16 Å². The van der Waals surface area contributed by atoms with Crippen LogP contribution in [0.2, 0.25) is 0 Å². The summed E-state index contributed by atoms with van der Waals surface area (Å²) >= 11 is 0. The van der Waals surface area contributed by atoms with Gasteiger partial charge in [0, 0.05) is 31.7 Å². The Balaban J connectivity index is 1.57. The van der Waals surface area contributed by atoms with Gasteiger partial charge in [-0.15, -0.1) is 0 Å². The molecule has 1 saturated carbocycles. The number of hydrogen-bond acceptors (Lipinski definition) is 4. The van der Waals surface area contributed by atoms with E-state index in [2.05, 4.69) is 16.1 Å². The Bertz CT molecular complexity index is 373. The van der Waals surface area contributed by atoms with Gasteiger partial charge >= 0.3 is 0 Å². The minimum absolute atomic E-state index is 0.308. The second-order valence-electron chi connectivity index (χ2n) is 5.42. The van der Waals surface area contributed by atoms with Crippen molar-refractivity contribution < 1.29 is 9.63 Å². The van der Waals surface area contributed by atoms with Crippen molar-refractivity contribution >= 4 is 0 Å². The van der Waals surface area contributed by atoms with E-state index in [9.17, 15) is 5.11 Å². The fourth-order valence-corrected chi connectivity index (χ4v) is 2.64. The highest BCUT2D eigenvalue weighted by Gasteiger charge is 2.28. The Morgan fingerprint density at radius 2 is 2.29 bits per heavy atom. The largest absolute Gasteiger partial charge is 0.396 e. The first kappa shape index (κ1) is 11.2. The predicted octanol–water partition coefficient (Wildman–Crippen LogP) is 1.76. The molecule has 1 saturated heterocycles. The molecule has 17 heavy (non-hydrogen) atoms. The predicted molar refractivity (Wildman–Crippen MR) is 63.6 cm³/mol. The summed E-state index contributed by atoms with van der Waals surface area (Å²) in [5.41, 5.74) is 1.05. The molecule has 0 aromatic carbocycles. The van der Waals surface area contributed by atoms with Crippen LogP contribution in [0.15, 0.2) is 10.6 Å². The van der Waals surface area contributed by atoms with Crippen LogP contribution in [0.3, 0.4) is 0 Å². The number of aliphatic hydroxyl groups excluding tert-OH is 1. The Morgan fingerprint density at radius 3 is 3.06 bits per heavy atom. The van der Waals surface area contributed by atoms with Crippen molar-refractivity contribution in [3.05, 3.63) is 17.5 Å². The van der Waals surface area contributed by atoms with Crippen molar-refractivity contribution in [2.45, 2.75) is 38.1 Å². The zero-order valence-electron chi connectivity index (χ0n) is 10.1. The van der Waals surface area contributed by atoms with Crippen molar-refractivity contribution in [3.63, 3.8) is 0 Å². The van der Waals surface area contributed by atoms with Crippen LogP contribution in [0, 0.1) is 5.92 Å². The van der Waals surface area contributed by atoms with Gasteiger partial charge in [0.25, 0.3) is 0 Å². The Kier molecular flexibility index (Phi) is 3.16. The quantitative estimate of drug-likeness (QED) is 0.865. The Morgan fingerprint density at radius 1 is 1.41 bits per heavy atom. The highest BCUT2D eigenvalue weighted by molar-refractivity contribution is 5.14. The van der Waals surface area contributed by atoms with Gasteiger partial charge in [0.05, 0.1) is 5.69 Å². The van der Waals surface area contributed by atoms with Crippen LogP contribution >= 0.6 is 0 Å². The van der Waals surface area contributed by atoms with Crippen LogP contribution in [0.25, 0.3) is 0 Å². The molecule has 2 heterocycles. The first-order chi connectivity index (χ1) is 8.35. The monoisotopic (exact) mass is 236 g/mol. The first-order valence-electron chi connectivity index (χ1n) is 6.64. The lowest BCUT2D eigenvalue weighted by Gasteiger charge is -2.30. The van der Waals surface area contributed by atoms with E-state index in [1.54, 1.807) is 0 Å². The van der Waals surface area contributed by atoms with Gasteiger partial charge in [0.1, 0.15) is 5.76 Å². The van der Waals surface area contributed by atoms with E-state index in [0.29, 0.717) is 18.4 Å². The summed E-state index contributed by atoms with van der Waals surface area (Å²) in [6.45, 7) is 3.28. The lowest BCUT2D eigenvalue weighted by atomic mass is 9.99. The maximum Gasteiger partial charge on any atom is 0.140 e. The first-order valence-corrected chi connectivity index (χ1v) is 6.64. The van der Waals surface area contributed by atoms with Crippen LogP contribution in [0.4, 0.5) is 0 Å². The van der Waals surface area contributed by atoms with E-state index in [-0.39, 0.29) is 0 Å². The number of hydrogen-bond donors (Lipinski definition) is 1. The van der Waals surface area contributed by atoms with Gasteiger partial charge in [-0.2, -0.15) is 0 Å². The average Bonchev–Trinajstić information content (AvgIpc) is 3.11. The molecule has 0 bridgehead atoms. The van der Waals surface area contributed by atoms with E-state index in [1.807, 2.05) is 0 Å². The Hall–Kier alpha value is -0.870. The van der Waals surface area contributed by atoms with Gasteiger partial charge in [-0.25, -0.2) is 0 Å². The SMILES string of the molecule is OCC1CCCN(Cc2cc(C3CC3)on2)C1. The molecule has 0 spiro atoms. The smallest absolute Gasteiger partial charge is 0.140 e. The van der Waals surface area contributed by atoms with Crippen LogP contribution < -0.4 is 0 Å². The minimum atomic E-state index is 0.308. The van der Waals surface area contributed by atoms with Gasteiger partial charge in [-0.05, 0) is 38.1 Å². The molecular weight excluding hydrogens is 216 g/mol. The van der Waals surface area contributed by atoms with Crippen LogP contribution in [0.1, 0.15) is 43.1 Å². The van der Waals surface area contributed by atoms with Crippen molar-refractivity contribution in [2.24, 2.45) is 5.92 Å². The van der Waals surface area contributed by atoms with Gasteiger partial charge < -0.3 is 9.63 Å². The van der Waals surface area contributed by atoms with Crippen molar-refractivity contribution in [3.8, 4) is 0 Å². The minimum Gasteiger partial charge on any atom is -0.396 e. The summed E-state index contributed by atoms with van der Waals surface area (Å²) in [6, 6.07) is 2.11. The summed E-state index contributed by atoms with van der Waals surface area (Å²) in [4.78, 5) is 2.37. The van der Waals surface area contributed by atoms with E-state index < -0.39 is 0 Å². The number of aliphatic hydroxyl groups is 1. The van der Waals surface area contributed by atoms with E-state index >= 15 is 0 Å². The molecular formula is C13H20N2O2. The average molecular weight is 236 g/mol. The second kappa shape index (κ2) is 4.78. The zero-order chi connectivity index (χ0) is 11.7. The molecule has 1 aromatic rings. The summed E-state index contributed by atoms with van der Waals surface area (Å²) in [5.74, 6) is 2.15. The molecule has 1 N–H and O–H groups in total. The topological polar surface area (TPSA) is 49.5 Å². The highest BCUT2D eigenvalue weighted by atomic mass is 16.5. The van der Waals surface area contributed by atoms with E-state index in [0.717, 1.165) is 37.5 Å². The van der Waals surface area contributed by atoms with Crippen molar-refractivity contribution in [1.29, 1.82) is 0 Å². The highest BCUT2D eigenvalue weighted by Crippen LogP contribution is 2.40. The number of aromatic nitrogens is 1. The van der Waals surface area contributed by atoms with Gasteiger partial charge in [0.2, 0.25) is 0 Å². The van der Waals surface area contributed by atoms with Crippen LogP contribution in [0.5, 0.6) is 0 Å². The van der Waals surface area contributed by atoms with Crippen molar-refractivity contribution in [1.82, 2.24) is 10.1 Å². The number of piperidine rings is 1. The molecule has 1 unspecified atom stereocenters. The summed E-state index contributed by atoms with van der Waals surface area (Å²) in [5, 5.41) is 13.3. The maximum absolute atomic E-state index is 9.20. The van der Waals surface area contributed by atoms with E-state index in [1.165, 1.54) is 19.3 Å². The number of likely N-dealkylation sites (tertiary alicyclic amines) is 1. The molecule has 3 rings (SSSR count). The van der Waals surface area contributed by atoms with Gasteiger partial charge in [0.15, 0.2) is 0 Å². The van der Waals surface area contributed by atoms with Crippen LogP contribution in [-0.4, -0.2) is 34.9 Å². The molecule has 0 radical (unpaired) electrons. The third-order valence-electron chi connectivity index (χ3n) is 3.80. The summed E-state index contributed by atoms with van der Waals surface area (Å²) in [7, 11) is 0. The summed E-state index contributed by atoms with van der Waals surface area (Å²) in [6.07, 6.45) is 4.84. The third-order valence-corrected chi connectivity index (χ3v) is 3.80. The molecule has 2 aliphatic rings. The molecule has 4 heteroatoms. The third kappa shape index (κ3) is 2.69. The normalized spacial score (nSPS) is 26.3. The fraction of sp³-hybridized carbons (Fsp3) is 0.769. The van der Waals surface area contributed by atoms with Crippen LogP contribution in [-0.2, 0) is 6.54 Å². The number of rotatable bonds is 4. The van der Waals surface area contributed by atoms with Crippen molar-refractivity contribution in [2.75, 3.05) is 19.7 Å². The lowest BCUT2D eigenvalue weighted by molar-refractivity contribution is 0.114. The molecule has 0 amide bonds. The summed E-state index contributed by atoms with van der Waals surface area (Å²) < 4.78 is 5.36. The molecule has 2 fully saturated rings. The van der Waals surface area contributed by atoms with Gasteiger partial charge in [-0.3, -0.25) is 4.90 Å².